The quantitative estimate of drug-likeness (QED) is 0.271. The first-order valence-electron chi connectivity index (χ1n) is 6.34. The van der Waals surface area contributed by atoms with E-state index in [0.717, 1.165) is 5.56 Å². The van der Waals surface area contributed by atoms with E-state index in [1.807, 2.05) is 35.2 Å². The van der Waals surface area contributed by atoms with Crippen LogP contribution in [0.15, 0.2) is 30.3 Å². The Labute approximate surface area is 124 Å². The Morgan fingerprint density at radius 1 is 0.857 bits per heavy atom. The van der Waals surface area contributed by atoms with Crippen LogP contribution < -0.4 is 0 Å². The Balaban J connectivity index is 0.000000690. The molecule has 0 saturated carbocycles. The fraction of sp³-hybridized carbons (Fsp3) is 0.500. The van der Waals surface area contributed by atoms with Gasteiger partial charge in [-0.2, -0.15) is 0 Å². The molecule has 1 aromatic rings. The zero-order chi connectivity index (χ0) is 16.3. The van der Waals surface area contributed by atoms with Gasteiger partial charge in [-0.15, -0.1) is 0 Å². The van der Waals surface area contributed by atoms with Gasteiger partial charge in [0.25, 0.3) is 0 Å². The summed E-state index contributed by atoms with van der Waals surface area (Å²) in [6.07, 6.45) is 0. The Kier molecular flexibility index (Phi) is 10.3. The van der Waals surface area contributed by atoms with Crippen molar-refractivity contribution in [2.24, 2.45) is 0 Å². The normalized spacial score (nSPS) is 12.8. The summed E-state index contributed by atoms with van der Waals surface area (Å²) in [6.45, 7) is 0.901. The number of rotatable bonds is 7. The molecule has 8 nitrogen and oxygen atoms in total. The van der Waals surface area contributed by atoms with Crippen LogP contribution in [-0.2, 0) is 0 Å². The van der Waals surface area contributed by atoms with Crippen LogP contribution in [0.25, 0.3) is 0 Å². The SMILES string of the molecule is OCCN(CCO)C(CO)c1ccccc1.O[Si](O)(O)O. The Morgan fingerprint density at radius 3 is 1.62 bits per heavy atom. The summed E-state index contributed by atoms with van der Waals surface area (Å²) in [6, 6.07) is 9.44. The highest BCUT2D eigenvalue weighted by molar-refractivity contribution is 6.46. The van der Waals surface area contributed by atoms with Crippen LogP contribution in [0, 0.1) is 0 Å². The fourth-order valence-corrected chi connectivity index (χ4v) is 1.79. The monoisotopic (exact) mass is 321 g/mol. The number of benzene rings is 1. The van der Waals surface area contributed by atoms with Gasteiger partial charge < -0.3 is 34.5 Å². The minimum absolute atomic E-state index is 0.0172. The highest BCUT2D eigenvalue weighted by Crippen LogP contribution is 2.19. The first-order valence-corrected chi connectivity index (χ1v) is 8.13. The summed E-state index contributed by atoms with van der Waals surface area (Å²) in [5.74, 6) is 0. The van der Waals surface area contributed by atoms with Crippen molar-refractivity contribution in [3.63, 3.8) is 0 Å². The molecule has 0 amide bonds. The summed E-state index contributed by atoms with van der Waals surface area (Å²) in [7, 11) is -4.61. The van der Waals surface area contributed by atoms with E-state index >= 15 is 0 Å². The van der Waals surface area contributed by atoms with Gasteiger partial charge in [0, 0.05) is 13.1 Å². The predicted molar refractivity (Wildman–Crippen MR) is 76.6 cm³/mol. The van der Waals surface area contributed by atoms with Crippen LogP contribution in [0.2, 0.25) is 0 Å². The summed E-state index contributed by atoms with van der Waals surface area (Å²) >= 11 is 0. The van der Waals surface area contributed by atoms with Gasteiger partial charge in [-0.1, -0.05) is 30.3 Å². The lowest BCUT2D eigenvalue weighted by Crippen LogP contribution is -2.35. The molecule has 0 radical (unpaired) electrons. The molecule has 0 bridgehead atoms. The molecule has 7 N–H and O–H groups in total. The molecule has 1 atom stereocenters. The zero-order valence-electron chi connectivity index (χ0n) is 11.6. The summed E-state index contributed by atoms with van der Waals surface area (Å²) < 4.78 is 0. The highest BCUT2D eigenvalue weighted by atomic mass is 28.4. The van der Waals surface area contributed by atoms with Gasteiger partial charge in [0.15, 0.2) is 0 Å². The Bertz CT molecular complexity index is 348. The minimum Gasteiger partial charge on any atom is -0.395 e. The molecular formula is C12H23NO7Si. The van der Waals surface area contributed by atoms with E-state index in [-0.39, 0.29) is 25.9 Å². The van der Waals surface area contributed by atoms with Crippen LogP contribution in [0.5, 0.6) is 0 Å². The maximum atomic E-state index is 9.40. The van der Waals surface area contributed by atoms with Crippen LogP contribution in [-0.4, -0.2) is 81.4 Å². The van der Waals surface area contributed by atoms with Gasteiger partial charge in [-0.25, -0.2) is 0 Å². The van der Waals surface area contributed by atoms with E-state index in [1.165, 1.54) is 0 Å². The van der Waals surface area contributed by atoms with Crippen LogP contribution in [0.1, 0.15) is 11.6 Å². The number of aliphatic hydroxyl groups excluding tert-OH is 3. The van der Waals surface area contributed by atoms with Crippen LogP contribution in [0.4, 0.5) is 0 Å². The molecule has 1 unspecified atom stereocenters. The predicted octanol–water partition coefficient (Wildman–Crippen LogP) is -2.60. The molecule has 0 spiro atoms. The van der Waals surface area contributed by atoms with E-state index in [1.54, 1.807) is 0 Å². The van der Waals surface area contributed by atoms with Crippen molar-refractivity contribution in [1.29, 1.82) is 0 Å². The van der Waals surface area contributed by atoms with Gasteiger partial charge in [0.2, 0.25) is 0 Å². The molecule has 1 rings (SSSR count). The van der Waals surface area contributed by atoms with E-state index in [9.17, 15) is 5.11 Å². The van der Waals surface area contributed by atoms with Crippen molar-refractivity contribution < 1.29 is 34.5 Å². The summed E-state index contributed by atoms with van der Waals surface area (Å²) in [5.41, 5.74) is 0.993. The van der Waals surface area contributed by atoms with Gasteiger partial charge in [0.05, 0.1) is 25.9 Å². The van der Waals surface area contributed by atoms with Gasteiger partial charge >= 0.3 is 9.05 Å². The van der Waals surface area contributed by atoms with Crippen molar-refractivity contribution in [2.75, 3.05) is 32.9 Å². The molecule has 0 fully saturated rings. The molecule has 1 aromatic carbocycles. The van der Waals surface area contributed by atoms with Gasteiger partial charge in [0.1, 0.15) is 0 Å². The smallest absolute Gasteiger partial charge is 0.395 e. The third kappa shape index (κ3) is 10.5. The number of nitrogens with zero attached hydrogens (tertiary/aromatic N) is 1. The highest BCUT2D eigenvalue weighted by Gasteiger charge is 2.22. The largest absolute Gasteiger partial charge is 0.668 e. The van der Waals surface area contributed by atoms with Gasteiger partial charge in [-0.05, 0) is 5.56 Å². The van der Waals surface area contributed by atoms with Crippen molar-refractivity contribution >= 4 is 9.05 Å². The third-order valence-electron chi connectivity index (χ3n) is 2.57. The summed E-state index contributed by atoms with van der Waals surface area (Å²) in [4.78, 5) is 31.2. The maximum Gasteiger partial charge on any atom is 0.668 e. The minimum atomic E-state index is -4.61. The lowest BCUT2D eigenvalue weighted by atomic mass is 10.1. The molecule has 0 heterocycles. The summed E-state index contributed by atoms with van der Waals surface area (Å²) in [5, 5.41) is 27.3. The first-order chi connectivity index (χ1) is 9.83. The van der Waals surface area contributed by atoms with E-state index in [0.29, 0.717) is 13.1 Å². The fourth-order valence-electron chi connectivity index (χ4n) is 1.79. The van der Waals surface area contributed by atoms with Crippen molar-refractivity contribution in [3.05, 3.63) is 35.9 Å². The average Bonchev–Trinajstić information content (AvgIpc) is 2.39. The molecule has 0 aliphatic heterocycles. The van der Waals surface area contributed by atoms with Crippen LogP contribution in [0.3, 0.4) is 0 Å². The maximum absolute atomic E-state index is 9.40. The third-order valence-corrected chi connectivity index (χ3v) is 2.57. The lowest BCUT2D eigenvalue weighted by molar-refractivity contribution is 0.0840. The molecule has 21 heavy (non-hydrogen) atoms. The van der Waals surface area contributed by atoms with Crippen molar-refractivity contribution in [2.45, 2.75) is 6.04 Å². The van der Waals surface area contributed by atoms with Gasteiger partial charge in [-0.3, -0.25) is 4.90 Å². The molecule has 0 aliphatic carbocycles. The topological polar surface area (TPSA) is 145 Å². The second-order valence-electron chi connectivity index (χ2n) is 4.19. The van der Waals surface area contributed by atoms with E-state index in [2.05, 4.69) is 0 Å². The molecule has 0 aromatic heterocycles. The van der Waals surface area contributed by atoms with Crippen molar-refractivity contribution in [3.8, 4) is 0 Å². The zero-order valence-corrected chi connectivity index (χ0v) is 12.6. The second kappa shape index (κ2) is 10.8. The Hall–Kier alpha value is -0.883. The molecule has 122 valence electrons. The van der Waals surface area contributed by atoms with E-state index in [4.69, 9.17) is 29.4 Å². The number of aliphatic hydroxyl groups is 3. The number of hydrogen-bond acceptors (Lipinski definition) is 8. The lowest BCUT2D eigenvalue weighted by Gasteiger charge is -2.29. The molecular weight excluding hydrogens is 298 g/mol. The first kappa shape index (κ1) is 20.1. The molecule has 9 heteroatoms. The van der Waals surface area contributed by atoms with Crippen molar-refractivity contribution in [1.82, 2.24) is 4.90 Å². The number of hydrogen-bond donors (Lipinski definition) is 7. The second-order valence-corrected chi connectivity index (χ2v) is 5.39. The van der Waals surface area contributed by atoms with E-state index < -0.39 is 9.05 Å². The molecule has 0 aliphatic rings. The molecule has 0 saturated heterocycles. The standard InChI is InChI=1S/C12H19NO3.H4O4Si/c14-8-6-13(7-9-15)12(10-16)11-4-2-1-3-5-11;1-5(2,3)4/h1-5,12,14-16H,6-10H2;1-4H. The van der Waals surface area contributed by atoms with Crippen LogP contribution >= 0.6 is 0 Å². The Morgan fingerprint density at radius 2 is 1.29 bits per heavy atom. The average molecular weight is 321 g/mol.